The highest BCUT2D eigenvalue weighted by atomic mass is 35.5. The van der Waals surface area contributed by atoms with Crippen LogP contribution < -0.4 is 5.32 Å². The van der Waals surface area contributed by atoms with E-state index in [1.807, 2.05) is 38.1 Å². The maximum Gasteiger partial charge on any atom is 0.222 e. The molecule has 0 spiro atoms. The third kappa shape index (κ3) is 3.55. The Kier molecular flexibility index (Phi) is 5.18. The number of halogens is 1. The average Bonchev–Trinajstić information content (AvgIpc) is 3.23. The summed E-state index contributed by atoms with van der Waals surface area (Å²) in [6.45, 7) is 4.61. The van der Waals surface area contributed by atoms with Gasteiger partial charge in [0, 0.05) is 33.4 Å². The molecule has 3 aromatic rings. The quantitative estimate of drug-likeness (QED) is 0.663. The van der Waals surface area contributed by atoms with E-state index in [1.54, 1.807) is 11.3 Å². The topological polar surface area (TPSA) is 57.8 Å². The van der Waals surface area contributed by atoms with Crippen molar-refractivity contribution in [1.82, 2.24) is 9.88 Å². The summed E-state index contributed by atoms with van der Waals surface area (Å²) in [5.74, 6) is 0.0830. The predicted molar refractivity (Wildman–Crippen MR) is 114 cm³/mol. The van der Waals surface area contributed by atoms with Crippen LogP contribution >= 0.6 is 22.9 Å². The Morgan fingerprint density at radius 1 is 1.39 bits per heavy atom. The number of nitrogens with zero attached hydrogens (tertiary/aromatic N) is 2. The number of hydrogen-bond donors (Lipinski definition) is 1. The van der Waals surface area contributed by atoms with Gasteiger partial charge >= 0.3 is 0 Å². The standard InChI is InChI=1S/C22H22ClN3OS/c1-13(2)22(27)25-15-4-7-20-18(10-15)17-9-14(11-24)3-6-19(17)26(20)12-16-5-8-21(23)28-16/h3,5-6,8-9,13,15H,4,7,10,12H2,1-2H3,(H,25,27). The van der Waals surface area contributed by atoms with Crippen molar-refractivity contribution in [3.8, 4) is 6.07 Å². The molecule has 4 nitrogen and oxygen atoms in total. The Morgan fingerprint density at radius 2 is 2.21 bits per heavy atom. The van der Waals surface area contributed by atoms with E-state index < -0.39 is 0 Å². The van der Waals surface area contributed by atoms with E-state index in [4.69, 9.17) is 11.6 Å². The highest BCUT2D eigenvalue weighted by Crippen LogP contribution is 2.34. The number of nitriles is 1. The SMILES string of the molecule is CC(C)C(=O)NC1CCc2c(c3cc(C#N)ccc3n2Cc2ccc(Cl)s2)C1. The lowest BCUT2D eigenvalue weighted by molar-refractivity contribution is -0.124. The van der Waals surface area contributed by atoms with Crippen LogP contribution in [-0.4, -0.2) is 16.5 Å². The molecule has 0 bridgehead atoms. The highest BCUT2D eigenvalue weighted by molar-refractivity contribution is 7.16. The van der Waals surface area contributed by atoms with Crippen LogP contribution in [0.2, 0.25) is 4.34 Å². The van der Waals surface area contributed by atoms with Gasteiger partial charge in [-0.2, -0.15) is 5.26 Å². The van der Waals surface area contributed by atoms with Gasteiger partial charge in [-0.3, -0.25) is 4.79 Å². The Bertz CT molecular complexity index is 1090. The Labute approximate surface area is 173 Å². The summed E-state index contributed by atoms with van der Waals surface area (Å²) < 4.78 is 3.15. The summed E-state index contributed by atoms with van der Waals surface area (Å²) in [5.41, 5.74) is 4.38. The monoisotopic (exact) mass is 411 g/mol. The number of nitrogens with one attached hydrogen (secondary N) is 1. The predicted octanol–water partition coefficient (Wildman–Crippen LogP) is 4.91. The van der Waals surface area contributed by atoms with Crippen molar-refractivity contribution in [1.29, 1.82) is 5.26 Å². The highest BCUT2D eigenvalue weighted by Gasteiger charge is 2.27. The van der Waals surface area contributed by atoms with Crippen LogP contribution in [0.5, 0.6) is 0 Å². The van der Waals surface area contributed by atoms with Gasteiger partial charge < -0.3 is 9.88 Å². The number of carbonyl (C=O) groups excluding carboxylic acids is 1. The molecule has 28 heavy (non-hydrogen) atoms. The number of fused-ring (bicyclic) bond motifs is 3. The Hall–Kier alpha value is -2.29. The maximum atomic E-state index is 12.2. The van der Waals surface area contributed by atoms with Crippen molar-refractivity contribution < 1.29 is 4.79 Å². The van der Waals surface area contributed by atoms with Gasteiger partial charge in [-0.05, 0) is 55.2 Å². The zero-order valence-electron chi connectivity index (χ0n) is 16.0. The molecule has 1 aromatic carbocycles. The van der Waals surface area contributed by atoms with Crippen molar-refractivity contribution in [2.24, 2.45) is 5.92 Å². The van der Waals surface area contributed by atoms with Crippen LogP contribution in [-0.2, 0) is 24.2 Å². The second kappa shape index (κ2) is 7.62. The molecule has 144 valence electrons. The maximum absolute atomic E-state index is 12.2. The van der Waals surface area contributed by atoms with Crippen LogP contribution in [0.15, 0.2) is 30.3 Å². The summed E-state index contributed by atoms with van der Waals surface area (Å²) >= 11 is 7.73. The van der Waals surface area contributed by atoms with Gasteiger partial charge in [-0.25, -0.2) is 0 Å². The fourth-order valence-electron chi connectivity index (χ4n) is 3.98. The van der Waals surface area contributed by atoms with Gasteiger partial charge in [0.25, 0.3) is 0 Å². The molecular formula is C22H22ClN3OS. The smallest absolute Gasteiger partial charge is 0.222 e. The van der Waals surface area contributed by atoms with Crippen molar-refractivity contribution in [2.45, 2.75) is 45.7 Å². The van der Waals surface area contributed by atoms with E-state index in [0.717, 1.165) is 41.0 Å². The van der Waals surface area contributed by atoms with Gasteiger partial charge in [0.1, 0.15) is 0 Å². The molecule has 1 aliphatic rings. The van der Waals surface area contributed by atoms with E-state index in [2.05, 4.69) is 22.0 Å². The van der Waals surface area contributed by atoms with Gasteiger partial charge in [-0.15, -0.1) is 11.3 Å². The normalized spacial score (nSPS) is 16.2. The third-order valence-electron chi connectivity index (χ3n) is 5.41. The molecule has 1 amide bonds. The average molecular weight is 412 g/mol. The molecule has 1 atom stereocenters. The fourth-order valence-corrected chi connectivity index (χ4v) is 5.06. The van der Waals surface area contributed by atoms with Crippen molar-refractivity contribution in [3.63, 3.8) is 0 Å². The molecule has 0 aliphatic heterocycles. The van der Waals surface area contributed by atoms with Crippen LogP contribution in [0.4, 0.5) is 0 Å². The molecule has 0 saturated carbocycles. The van der Waals surface area contributed by atoms with Crippen molar-refractivity contribution in [2.75, 3.05) is 0 Å². The second-order valence-corrected chi connectivity index (χ2v) is 9.46. The minimum Gasteiger partial charge on any atom is -0.353 e. The first kappa shape index (κ1) is 19.0. The minimum absolute atomic E-state index is 0.0171. The van der Waals surface area contributed by atoms with Crippen LogP contribution in [0, 0.1) is 17.2 Å². The molecule has 0 fully saturated rings. The first-order valence-corrected chi connectivity index (χ1v) is 10.7. The first-order chi connectivity index (χ1) is 13.5. The molecule has 0 radical (unpaired) electrons. The lowest BCUT2D eigenvalue weighted by Crippen LogP contribution is -2.41. The lowest BCUT2D eigenvalue weighted by Gasteiger charge is -2.25. The number of thiophene rings is 1. The summed E-state index contributed by atoms with van der Waals surface area (Å²) in [6.07, 6.45) is 2.64. The molecule has 2 heterocycles. The fraction of sp³-hybridized carbons (Fsp3) is 0.364. The molecule has 1 aliphatic carbocycles. The molecule has 1 unspecified atom stereocenters. The summed E-state index contributed by atoms with van der Waals surface area (Å²) in [4.78, 5) is 13.4. The van der Waals surface area contributed by atoms with Crippen molar-refractivity contribution >= 4 is 39.7 Å². The van der Waals surface area contributed by atoms with Gasteiger partial charge in [0.05, 0.1) is 22.5 Å². The molecule has 1 N–H and O–H groups in total. The molecule has 2 aromatic heterocycles. The number of aromatic nitrogens is 1. The largest absolute Gasteiger partial charge is 0.353 e. The Morgan fingerprint density at radius 3 is 2.89 bits per heavy atom. The first-order valence-electron chi connectivity index (χ1n) is 9.55. The third-order valence-corrected chi connectivity index (χ3v) is 6.63. The van der Waals surface area contributed by atoms with Crippen LogP contribution in [0.25, 0.3) is 10.9 Å². The number of amides is 1. The van der Waals surface area contributed by atoms with Crippen molar-refractivity contribution in [3.05, 3.63) is 56.4 Å². The van der Waals surface area contributed by atoms with Crippen LogP contribution in [0.1, 0.15) is 42.0 Å². The number of hydrogen-bond acceptors (Lipinski definition) is 3. The number of carbonyl (C=O) groups is 1. The zero-order valence-corrected chi connectivity index (χ0v) is 17.5. The van der Waals surface area contributed by atoms with Crippen LogP contribution in [0.3, 0.4) is 0 Å². The lowest BCUT2D eigenvalue weighted by atomic mass is 9.90. The Balaban J connectivity index is 1.75. The molecule has 0 saturated heterocycles. The van der Waals surface area contributed by atoms with E-state index in [0.29, 0.717) is 5.56 Å². The molecule has 6 heteroatoms. The summed E-state index contributed by atoms with van der Waals surface area (Å²) in [6, 6.07) is 12.3. The molecule has 4 rings (SSSR count). The number of rotatable bonds is 4. The van der Waals surface area contributed by atoms with Gasteiger partial charge in [0.2, 0.25) is 5.91 Å². The second-order valence-electron chi connectivity index (χ2n) is 7.66. The summed E-state index contributed by atoms with van der Waals surface area (Å²) in [5, 5.41) is 13.7. The van der Waals surface area contributed by atoms with Gasteiger partial charge in [-0.1, -0.05) is 25.4 Å². The zero-order chi connectivity index (χ0) is 19.8. The summed E-state index contributed by atoms with van der Waals surface area (Å²) in [7, 11) is 0. The van der Waals surface area contributed by atoms with Gasteiger partial charge in [0.15, 0.2) is 0 Å². The number of benzene rings is 1. The van der Waals surface area contributed by atoms with E-state index in [9.17, 15) is 10.1 Å². The van der Waals surface area contributed by atoms with E-state index in [1.165, 1.54) is 16.1 Å². The van der Waals surface area contributed by atoms with E-state index in [-0.39, 0.29) is 17.9 Å². The minimum atomic E-state index is -0.0171. The van der Waals surface area contributed by atoms with E-state index >= 15 is 0 Å². The molecular weight excluding hydrogens is 390 g/mol.